The number of hydrogen-bond acceptors (Lipinski definition) is 2. The Labute approximate surface area is 115 Å². The third kappa shape index (κ3) is 3.32. The summed E-state index contributed by atoms with van der Waals surface area (Å²) >= 11 is 5.74. The molecule has 0 aliphatic carbocycles. The SMILES string of the molecule is Cn1ccnc1CCNC(=O)c1cc(Cl)ccc1F. The Morgan fingerprint density at radius 3 is 3.00 bits per heavy atom. The van der Waals surface area contributed by atoms with Gasteiger partial charge in [0.15, 0.2) is 0 Å². The highest BCUT2D eigenvalue weighted by atomic mass is 35.5. The second kappa shape index (κ2) is 5.84. The van der Waals surface area contributed by atoms with Crippen molar-refractivity contribution in [2.75, 3.05) is 6.54 Å². The Kier molecular flexibility index (Phi) is 4.16. The fraction of sp³-hybridized carbons (Fsp3) is 0.231. The molecule has 0 aliphatic rings. The molecule has 0 atom stereocenters. The molecule has 2 aromatic rings. The summed E-state index contributed by atoms with van der Waals surface area (Å²) in [6.07, 6.45) is 4.10. The molecule has 1 aromatic carbocycles. The molecule has 19 heavy (non-hydrogen) atoms. The first-order chi connectivity index (χ1) is 9.08. The molecule has 2 rings (SSSR count). The summed E-state index contributed by atoms with van der Waals surface area (Å²) in [6.45, 7) is 0.385. The fourth-order valence-electron chi connectivity index (χ4n) is 1.69. The highest BCUT2D eigenvalue weighted by Crippen LogP contribution is 2.14. The Balaban J connectivity index is 1.94. The highest BCUT2D eigenvalue weighted by Gasteiger charge is 2.12. The number of nitrogens with zero attached hydrogens (tertiary/aromatic N) is 2. The van der Waals surface area contributed by atoms with Crippen LogP contribution in [0.4, 0.5) is 4.39 Å². The fourth-order valence-corrected chi connectivity index (χ4v) is 1.86. The van der Waals surface area contributed by atoms with Crippen LogP contribution in [0.2, 0.25) is 5.02 Å². The van der Waals surface area contributed by atoms with Gasteiger partial charge in [-0.3, -0.25) is 4.79 Å². The minimum Gasteiger partial charge on any atom is -0.351 e. The van der Waals surface area contributed by atoms with E-state index in [9.17, 15) is 9.18 Å². The molecule has 0 saturated heterocycles. The molecule has 0 aliphatic heterocycles. The second-order valence-corrected chi connectivity index (χ2v) is 4.52. The van der Waals surface area contributed by atoms with E-state index in [4.69, 9.17) is 11.6 Å². The van der Waals surface area contributed by atoms with E-state index in [2.05, 4.69) is 10.3 Å². The third-order valence-electron chi connectivity index (χ3n) is 2.73. The summed E-state index contributed by atoms with van der Waals surface area (Å²) in [5.41, 5.74) is -0.0488. The molecule has 100 valence electrons. The molecule has 0 unspecified atom stereocenters. The lowest BCUT2D eigenvalue weighted by Crippen LogP contribution is -2.27. The Morgan fingerprint density at radius 1 is 1.53 bits per heavy atom. The van der Waals surface area contributed by atoms with Gasteiger partial charge in [-0.1, -0.05) is 11.6 Å². The molecule has 6 heteroatoms. The maximum absolute atomic E-state index is 13.4. The zero-order valence-electron chi connectivity index (χ0n) is 10.4. The van der Waals surface area contributed by atoms with Crippen LogP contribution in [-0.4, -0.2) is 22.0 Å². The molecule has 1 N–H and O–H groups in total. The summed E-state index contributed by atoms with van der Waals surface area (Å²) in [4.78, 5) is 15.9. The van der Waals surface area contributed by atoms with E-state index in [1.54, 1.807) is 6.20 Å². The van der Waals surface area contributed by atoms with Crippen molar-refractivity contribution in [2.45, 2.75) is 6.42 Å². The van der Waals surface area contributed by atoms with Crippen LogP contribution in [0.1, 0.15) is 16.2 Å². The van der Waals surface area contributed by atoms with Crippen LogP contribution in [0.25, 0.3) is 0 Å². The van der Waals surface area contributed by atoms with Gasteiger partial charge in [0, 0.05) is 37.4 Å². The minimum atomic E-state index is -0.584. The Bertz CT molecular complexity index is 597. The first kappa shape index (κ1) is 13.5. The maximum Gasteiger partial charge on any atom is 0.254 e. The number of hydrogen-bond donors (Lipinski definition) is 1. The molecule has 0 saturated carbocycles. The van der Waals surface area contributed by atoms with Crippen LogP contribution in [0, 0.1) is 5.82 Å². The monoisotopic (exact) mass is 281 g/mol. The van der Waals surface area contributed by atoms with Gasteiger partial charge in [-0.05, 0) is 18.2 Å². The van der Waals surface area contributed by atoms with Gasteiger partial charge in [0.2, 0.25) is 0 Å². The average molecular weight is 282 g/mol. The summed E-state index contributed by atoms with van der Waals surface area (Å²) in [5.74, 6) is -0.208. The van der Waals surface area contributed by atoms with E-state index in [0.717, 1.165) is 5.82 Å². The molecule has 4 nitrogen and oxygen atoms in total. The van der Waals surface area contributed by atoms with Gasteiger partial charge in [0.1, 0.15) is 11.6 Å². The predicted octanol–water partition coefficient (Wildman–Crippen LogP) is 2.19. The minimum absolute atomic E-state index is 0.0488. The Hall–Kier alpha value is -1.88. The number of imidazole rings is 1. The number of aromatic nitrogens is 2. The number of rotatable bonds is 4. The van der Waals surface area contributed by atoms with Crippen molar-refractivity contribution >= 4 is 17.5 Å². The topological polar surface area (TPSA) is 46.9 Å². The number of halogens is 2. The number of aryl methyl sites for hydroxylation is 1. The normalized spacial score (nSPS) is 10.5. The lowest BCUT2D eigenvalue weighted by Gasteiger charge is -2.06. The smallest absolute Gasteiger partial charge is 0.254 e. The maximum atomic E-state index is 13.4. The van der Waals surface area contributed by atoms with Gasteiger partial charge in [0.25, 0.3) is 5.91 Å². The number of nitrogens with one attached hydrogen (secondary N) is 1. The van der Waals surface area contributed by atoms with E-state index in [0.29, 0.717) is 18.0 Å². The van der Waals surface area contributed by atoms with Crippen LogP contribution in [0.15, 0.2) is 30.6 Å². The quantitative estimate of drug-likeness (QED) is 0.934. The number of amides is 1. The van der Waals surface area contributed by atoms with Crippen molar-refractivity contribution in [3.05, 3.63) is 52.8 Å². The van der Waals surface area contributed by atoms with E-state index in [1.165, 1.54) is 18.2 Å². The highest BCUT2D eigenvalue weighted by molar-refractivity contribution is 6.30. The largest absolute Gasteiger partial charge is 0.351 e. The van der Waals surface area contributed by atoms with Crippen molar-refractivity contribution in [3.63, 3.8) is 0 Å². The predicted molar refractivity (Wildman–Crippen MR) is 70.7 cm³/mol. The molecule has 0 radical (unpaired) electrons. The summed E-state index contributed by atoms with van der Waals surface area (Å²) in [5, 5.41) is 2.97. The first-order valence-electron chi connectivity index (χ1n) is 5.77. The summed E-state index contributed by atoms with van der Waals surface area (Å²) in [7, 11) is 1.88. The van der Waals surface area contributed by atoms with Crippen molar-refractivity contribution in [1.82, 2.24) is 14.9 Å². The molecule has 1 heterocycles. The lowest BCUT2D eigenvalue weighted by atomic mass is 10.2. The van der Waals surface area contributed by atoms with E-state index < -0.39 is 11.7 Å². The number of benzene rings is 1. The zero-order chi connectivity index (χ0) is 13.8. The molecule has 0 bridgehead atoms. The molecule has 1 aromatic heterocycles. The van der Waals surface area contributed by atoms with Crippen molar-refractivity contribution in [3.8, 4) is 0 Å². The third-order valence-corrected chi connectivity index (χ3v) is 2.96. The van der Waals surface area contributed by atoms with Crippen molar-refractivity contribution in [1.29, 1.82) is 0 Å². The zero-order valence-corrected chi connectivity index (χ0v) is 11.1. The lowest BCUT2D eigenvalue weighted by molar-refractivity contribution is 0.0950. The van der Waals surface area contributed by atoms with E-state index in [-0.39, 0.29) is 5.56 Å². The molecule has 0 fully saturated rings. The van der Waals surface area contributed by atoms with Crippen molar-refractivity contribution < 1.29 is 9.18 Å². The van der Waals surface area contributed by atoms with Gasteiger partial charge < -0.3 is 9.88 Å². The van der Waals surface area contributed by atoms with Crippen LogP contribution in [-0.2, 0) is 13.5 Å². The van der Waals surface area contributed by atoms with Crippen LogP contribution >= 0.6 is 11.6 Å². The molecular formula is C13H13ClFN3O. The summed E-state index contributed by atoms with van der Waals surface area (Å²) in [6, 6.07) is 3.89. The first-order valence-corrected chi connectivity index (χ1v) is 6.15. The number of carbonyl (C=O) groups excluding carboxylic acids is 1. The van der Waals surface area contributed by atoms with Crippen molar-refractivity contribution in [2.24, 2.45) is 7.05 Å². The van der Waals surface area contributed by atoms with Crippen LogP contribution in [0.3, 0.4) is 0 Å². The van der Waals surface area contributed by atoms with E-state index in [1.807, 2.05) is 17.8 Å². The summed E-state index contributed by atoms with van der Waals surface area (Å²) < 4.78 is 15.3. The van der Waals surface area contributed by atoms with E-state index >= 15 is 0 Å². The van der Waals surface area contributed by atoms with Crippen LogP contribution < -0.4 is 5.32 Å². The van der Waals surface area contributed by atoms with Gasteiger partial charge in [-0.25, -0.2) is 9.37 Å². The average Bonchev–Trinajstić information content (AvgIpc) is 2.78. The second-order valence-electron chi connectivity index (χ2n) is 4.08. The van der Waals surface area contributed by atoms with Gasteiger partial charge in [-0.2, -0.15) is 0 Å². The molecular weight excluding hydrogens is 269 g/mol. The Morgan fingerprint density at radius 2 is 2.32 bits per heavy atom. The molecule has 1 amide bonds. The number of carbonyl (C=O) groups is 1. The van der Waals surface area contributed by atoms with Gasteiger partial charge >= 0.3 is 0 Å². The standard InChI is InChI=1S/C13H13ClFN3O/c1-18-7-6-16-12(18)4-5-17-13(19)10-8-9(14)2-3-11(10)15/h2-3,6-8H,4-5H2,1H3,(H,17,19). The molecule has 0 spiro atoms. The van der Waals surface area contributed by atoms with Gasteiger partial charge in [-0.15, -0.1) is 0 Å². The van der Waals surface area contributed by atoms with Gasteiger partial charge in [0.05, 0.1) is 5.56 Å². The van der Waals surface area contributed by atoms with Crippen LogP contribution in [0.5, 0.6) is 0 Å².